The maximum absolute atomic E-state index is 11.6. The summed E-state index contributed by atoms with van der Waals surface area (Å²) in [6.45, 7) is 0.515. The van der Waals surface area contributed by atoms with E-state index in [0.29, 0.717) is 19.4 Å². The number of terminal acetylenes is 1. The summed E-state index contributed by atoms with van der Waals surface area (Å²) in [6.07, 6.45) is 6.28. The van der Waals surface area contributed by atoms with Gasteiger partial charge >= 0.3 is 0 Å². The fourth-order valence-electron chi connectivity index (χ4n) is 1.31. The van der Waals surface area contributed by atoms with E-state index < -0.39 is 0 Å². The first kappa shape index (κ1) is 12.7. The highest BCUT2D eigenvalue weighted by atomic mass is 32.1. The lowest BCUT2D eigenvalue weighted by molar-refractivity contribution is -0.120. The van der Waals surface area contributed by atoms with Gasteiger partial charge in [-0.1, -0.05) is 30.3 Å². The Kier molecular flexibility index (Phi) is 5.52. The van der Waals surface area contributed by atoms with E-state index in [1.54, 1.807) is 0 Å². The van der Waals surface area contributed by atoms with Crippen molar-refractivity contribution in [2.75, 3.05) is 6.54 Å². The van der Waals surface area contributed by atoms with E-state index in [4.69, 9.17) is 6.42 Å². The van der Waals surface area contributed by atoms with Crippen molar-refractivity contribution < 1.29 is 4.79 Å². The number of thiol groups is 1. The minimum absolute atomic E-state index is 0.0672. The van der Waals surface area contributed by atoms with Crippen LogP contribution >= 0.6 is 12.6 Å². The largest absolute Gasteiger partial charge is 0.354 e. The predicted octanol–water partition coefficient (Wildman–Crippen LogP) is 1.67. The van der Waals surface area contributed by atoms with Crippen molar-refractivity contribution in [3.05, 3.63) is 35.9 Å². The standard InChI is InChI=1S/C13H15NOS/c1-2-3-9-14-13(15)12(16)10-11-7-5-4-6-8-11/h1,4-8,12,16H,3,9-10H2,(H,14,15). The third-order valence-corrected chi connectivity index (χ3v) is 2.56. The molecule has 0 aliphatic heterocycles. The van der Waals surface area contributed by atoms with Crippen LogP contribution in [-0.4, -0.2) is 17.7 Å². The molecule has 0 aliphatic carbocycles. The van der Waals surface area contributed by atoms with Crippen molar-refractivity contribution in [2.45, 2.75) is 18.1 Å². The zero-order chi connectivity index (χ0) is 11.8. The molecule has 2 nitrogen and oxygen atoms in total. The molecule has 0 bridgehead atoms. The van der Waals surface area contributed by atoms with Crippen molar-refractivity contribution in [3.8, 4) is 12.3 Å². The molecule has 0 aliphatic rings. The predicted molar refractivity (Wildman–Crippen MR) is 69.4 cm³/mol. The Morgan fingerprint density at radius 3 is 2.75 bits per heavy atom. The molecule has 0 saturated carbocycles. The van der Waals surface area contributed by atoms with Crippen LogP contribution < -0.4 is 5.32 Å². The number of carbonyl (C=O) groups is 1. The third-order valence-electron chi connectivity index (χ3n) is 2.14. The average Bonchev–Trinajstić information content (AvgIpc) is 2.30. The number of carbonyl (C=O) groups excluding carboxylic acids is 1. The van der Waals surface area contributed by atoms with Crippen molar-refractivity contribution in [1.29, 1.82) is 0 Å². The van der Waals surface area contributed by atoms with Crippen LogP contribution in [0.4, 0.5) is 0 Å². The quantitative estimate of drug-likeness (QED) is 0.452. The fraction of sp³-hybridized carbons (Fsp3) is 0.308. The van der Waals surface area contributed by atoms with Crippen molar-refractivity contribution in [2.24, 2.45) is 0 Å². The van der Waals surface area contributed by atoms with E-state index in [-0.39, 0.29) is 11.2 Å². The van der Waals surface area contributed by atoms with Gasteiger partial charge in [0.25, 0.3) is 0 Å². The van der Waals surface area contributed by atoms with Crippen LogP contribution in [0.2, 0.25) is 0 Å². The maximum Gasteiger partial charge on any atom is 0.233 e. The first-order chi connectivity index (χ1) is 7.74. The van der Waals surface area contributed by atoms with Crippen LogP contribution in [0.15, 0.2) is 30.3 Å². The summed E-state index contributed by atoms with van der Waals surface area (Å²) in [7, 11) is 0. The minimum Gasteiger partial charge on any atom is -0.354 e. The molecule has 16 heavy (non-hydrogen) atoms. The summed E-state index contributed by atoms with van der Waals surface area (Å²) >= 11 is 4.27. The molecule has 1 rings (SSSR count). The Bertz CT molecular complexity index is 369. The van der Waals surface area contributed by atoms with Gasteiger partial charge in [0.15, 0.2) is 0 Å². The van der Waals surface area contributed by atoms with Crippen LogP contribution in [-0.2, 0) is 11.2 Å². The molecular weight excluding hydrogens is 218 g/mol. The summed E-state index contributed by atoms with van der Waals surface area (Å²) < 4.78 is 0. The van der Waals surface area contributed by atoms with Gasteiger partial charge in [-0.15, -0.1) is 12.3 Å². The Morgan fingerprint density at radius 2 is 2.12 bits per heavy atom. The van der Waals surface area contributed by atoms with Gasteiger partial charge in [0.05, 0.1) is 5.25 Å². The molecule has 1 amide bonds. The minimum atomic E-state index is -0.319. The lowest BCUT2D eigenvalue weighted by Gasteiger charge is -2.10. The van der Waals surface area contributed by atoms with Gasteiger partial charge in [-0.3, -0.25) is 4.79 Å². The molecule has 1 aromatic rings. The molecule has 0 aromatic heterocycles. The van der Waals surface area contributed by atoms with Crippen LogP contribution in [0.3, 0.4) is 0 Å². The summed E-state index contributed by atoms with van der Waals surface area (Å²) in [4.78, 5) is 11.6. The smallest absolute Gasteiger partial charge is 0.233 e. The van der Waals surface area contributed by atoms with Crippen LogP contribution in [0.25, 0.3) is 0 Å². The average molecular weight is 233 g/mol. The lowest BCUT2D eigenvalue weighted by atomic mass is 10.1. The number of amides is 1. The highest BCUT2D eigenvalue weighted by Crippen LogP contribution is 2.07. The molecular formula is C13H15NOS. The monoisotopic (exact) mass is 233 g/mol. The molecule has 1 aromatic carbocycles. The Balaban J connectivity index is 2.38. The van der Waals surface area contributed by atoms with Gasteiger partial charge in [-0.2, -0.15) is 12.6 Å². The second-order valence-electron chi connectivity index (χ2n) is 3.45. The van der Waals surface area contributed by atoms with Crippen LogP contribution in [0.1, 0.15) is 12.0 Å². The van der Waals surface area contributed by atoms with E-state index in [1.165, 1.54) is 0 Å². The molecule has 1 N–H and O–H groups in total. The molecule has 0 heterocycles. The second-order valence-corrected chi connectivity index (χ2v) is 4.07. The summed E-state index contributed by atoms with van der Waals surface area (Å²) in [5, 5.41) is 2.43. The first-order valence-corrected chi connectivity index (χ1v) is 5.69. The first-order valence-electron chi connectivity index (χ1n) is 5.17. The lowest BCUT2D eigenvalue weighted by Crippen LogP contribution is -2.33. The zero-order valence-corrected chi connectivity index (χ0v) is 9.91. The normalized spacial score (nSPS) is 11.5. The number of rotatable bonds is 5. The molecule has 0 spiro atoms. The molecule has 0 saturated heterocycles. The van der Waals surface area contributed by atoms with E-state index in [0.717, 1.165) is 5.56 Å². The highest BCUT2D eigenvalue weighted by Gasteiger charge is 2.13. The molecule has 1 unspecified atom stereocenters. The van der Waals surface area contributed by atoms with E-state index >= 15 is 0 Å². The van der Waals surface area contributed by atoms with Gasteiger partial charge in [-0.25, -0.2) is 0 Å². The highest BCUT2D eigenvalue weighted by molar-refractivity contribution is 7.81. The number of hydrogen-bond acceptors (Lipinski definition) is 2. The summed E-state index contributed by atoms with van der Waals surface area (Å²) in [6, 6.07) is 9.82. The second kappa shape index (κ2) is 6.97. The van der Waals surface area contributed by atoms with Gasteiger partial charge in [0, 0.05) is 13.0 Å². The SMILES string of the molecule is C#CCCNC(=O)C(S)Cc1ccccc1. The zero-order valence-electron chi connectivity index (χ0n) is 9.02. The summed E-state index contributed by atoms with van der Waals surface area (Å²) in [5.74, 6) is 2.40. The topological polar surface area (TPSA) is 29.1 Å². The molecule has 0 fully saturated rings. The molecule has 0 radical (unpaired) electrons. The van der Waals surface area contributed by atoms with E-state index in [1.807, 2.05) is 30.3 Å². The third kappa shape index (κ3) is 4.41. The molecule has 3 heteroatoms. The Hall–Kier alpha value is -1.40. The number of benzene rings is 1. The van der Waals surface area contributed by atoms with Gasteiger partial charge in [0.2, 0.25) is 5.91 Å². The van der Waals surface area contributed by atoms with E-state index in [9.17, 15) is 4.79 Å². The van der Waals surface area contributed by atoms with Crippen molar-refractivity contribution in [3.63, 3.8) is 0 Å². The number of nitrogens with one attached hydrogen (secondary N) is 1. The maximum atomic E-state index is 11.6. The van der Waals surface area contributed by atoms with Gasteiger partial charge in [-0.05, 0) is 12.0 Å². The van der Waals surface area contributed by atoms with Crippen molar-refractivity contribution >= 4 is 18.5 Å². The fourth-order valence-corrected chi connectivity index (χ4v) is 1.61. The Morgan fingerprint density at radius 1 is 1.44 bits per heavy atom. The van der Waals surface area contributed by atoms with E-state index in [2.05, 4.69) is 23.9 Å². The molecule has 1 atom stereocenters. The van der Waals surface area contributed by atoms with Crippen LogP contribution in [0.5, 0.6) is 0 Å². The van der Waals surface area contributed by atoms with Crippen molar-refractivity contribution in [1.82, 2.24) is 5.32 Å². The summed E-state index contributed by atoms with van der Waals surface area (Å²) in [5.41, 5.74) is 1.11. The van der Waals surface area contributed by atoms with Crippen LogP contribution in [0, 0.1) is 12.3 Å². The molecule has 84 valence electrons. The van der Waals surface area contributed by atoms with Gasteiger partial charge < -0.3 is 5.32 Å². The number of hydrogen-bond donors (Lipinski definition) is 2. The van der Waals surface area contributed by atoms with Gasteiger partial charge in [0.1, 0.15) is 0 Å². The Labute approximate surface area is 102 Å².